The van der Waals surface area contributed by atoms with E-state index in [2.05, 4.69) is 28.4 Å². The van der Waals surface area contributed by atoms with Crippen molar-refractivity contribution in [2.24, 2.45) is 0 Å². The molecule has 1 heterocycles. The molecule has 0 unspecified atom stereocenters. The van der Waals surface area contributed by atoms with E-state index in [9.17, 15) is 4.79 Å². The minimum atomic E-state index is -0.0183. The second-order valence-electron chi connectivity index (χ2n) is 5.75. The number of nitrogens with zero attached hydrogens (tertiary/aromatic N) is 4. The Bertz CT molecular complexity index is 904. The van der Waals surface area contributed by atoms with Gasteiger partial charge in [-0.15, -0.1) is 10.2 Å². The van der Waals surface area contributed by atoms with Crippen LogP contribution in [0, 0.1) is 0 Å². The molecule has 0 atom stereocenters. The normalized spacial score (nSPS) is 10.8. The van der Waals surface area contributed by atoms with Gasteiger partial charge in [-0.1, -0.05) is 49.7 Å². The molecule has 0 aliphatic carbocycles. The standard InChI is InChI=1S/C19H19ClN4O/c1-3-13-9-10-14(4-2)16(11-13)18(25)12-24-22-19(21-23-24)15-7-5-6-8-17(15)20/h5-11H,3-4,12H2,1-2H3. The third kappa shape index (κ3) is 3.77. The molecule has 0 saturated carbocycles. The Morgan fingerprint density at radius 2 is 1.92 bits per heavy atom. The van der Waals surface area contributed by atoms with Gasteiger partial charge in [0.15, 0.2) is 5.78 Å². The van der Waals surface area contributed by atoms with Crippen LogP contribution in [0.3, 0.4) is 0 Å². The number of halogens is 1. The lowest BCUT2D eigenvalue weighted by atomic mass is 9.98. The van der Waals surface area contributed by atoms with Crippen molar-refractivity contribution in [3.05, 3.63) is 64.2 Å². The van der Waals surface area contributed by atoms with E-state index in [4.69, 9.17) is 11.6 Å². The van der Waals surface area contributed by atoms with Crippen LogP contribution in [0.5, 0.6) is 0 Å². The van der Waals surface area contributed by atoms with Crippen LogP contribution >= 0.6 is 11.6 Å². The fraction of sp³-hybridized carbons (Fsp3) is 0.263. The Morgan fingerprint density at radius 3 is 2.64 bits per heavy atom. The SMILES string of the molecule is CCc1ccc(CC)c(C(=O)Cn2nnc(-c3ccccc3Cl)n2)c1. The van der Waals surface area contributed by atoms with Gasteiger partial charge in [0.25, 0.3) is 0 Å². The predicted molar refractivity (Wildman–Crippen MR) is 97.8 cm³/mol. The van der Waals surface area contributed by atoms with Crippen molar-refractivity contribution >= 4 is 17.4 Å². The first-order valence-corrected chi connectivity index (χ1v) is 8.67. The third-order valence-corrected chi connectivity index (χ3v) is 4.45. The van der Waals surface area contributed by atoms with E-state index in [1.54, 1.807) is 6.07 Å². The van der Waals surface area contributed by atoms with Crippen LogP contribution in [0.15, 0.2) is 42.5 Å². The number of aromatic nitrogens is 4. The first-order chi connectivity index (χ1) is 12.1. The van der Waals surface area contributed by atoms with Gasteiger partial charge < -0.3 is 0 Å². The third-order valence-electron chi connectivity index (χ3n) is 4.12. The lowest BCUT2D eigenvalue weighted by Gasteiger charge is -2.08. The van der Waals surface area contributed by atoms with E-state index in [1.807, 2.05) is 37.3 Å². The maximum absolute atomic E-state index is 12.7. The van der Waals surface area contributed by atoms with Crippen LogP contribution in [0.25, 0.3) is 11.4 Å². The summed E-state index contributed by atoms with van der Waals surface area (Å²) in [5.41, 5.74) is 3.61. The zero-order valence-electron chi connectivity index (χ0n) is 14.2. The maximum atomic E-state index is 12.7. The second-order valence-corrected chi connectivity index (χ2v) is 6.15. The molecule has 6 heteroatoms. The highest BCUT2D eigenvalue weighted by Crippen LogP contribution is 2.23. The second kappa shape index (κ2) is 7.57. The fourth-order valence-corrected chi connectivity index (χ4v) is 2.91. The zero-order chi connectivity index (χ0) is 17.8. The number of tetrazole rings is 1. The van der Waals surface area contributed by atoms with Crippen LogP contribution in [-0.2, 0) is 19.4 Å². The van der Waals surface area contributed by atoms with Gasteiger partial charge in [-0.3, -0.25) is 4.79 Å². The Balaban J connectivity index is 1.84. The Hall–Kier alpha value is -2.53. The molecule has 2 aromatic carbocycles. The van der Waals surface area contributed by atoms with E-state index in [0.29, 0.717) is 16.4 Å². The van der Waals surface area contributed by atoms with Gasteiger partial charge in [-0.05, 0) is 47.4 Å². The Labute approximate surface area is 151 Å². The number of carbonyl (C=O) groups is 1. The molecule has 3 rings (SSSR count). The molecule has 3 aromatic rings. The number of hydrogen-bond donors (Lipinski definition) is 0. The molecule has 128 valence electrons. The van der Waals surface area contributed by atoms with Crippen LogP contribution < -0.4 is 0 Å². The van der Waals surface area contributed by atoms with E-state index in [-0.39, 0.29) is 12.3 Å². The Morgan fingerprint density at radius 1 is 1.12 bits per heavy atom. The number of rotatable bonds is 6. The highest BCUT2D eigenvalue weighted by molar-refractivity contribution is 6.33. The summed E-state index contributed by atoms with van der Waals surface area (Å²) in [6.07, 6.45) is 1.70. The molecule has 0 bridgehead atoms. The minimum Gasteiger partial charge on any atom is -0.292 e. The highest BCUT2D eigenvalue weighted by Gasteiger charge is 2.15. The maximum Gasteiger partial charge on any atom is 0.206 e. The first-order valence-electron chi connectivity index (χ1n) is 8.30. The summed E-state index contributed by atoms with van der Waals surface area (Å²) in [6.45, 7) is 4.17. The van der Waals surface area contributed by atoms with Crippen molar-refractivity contribution in [1.82, 2.24) is 20.2 Å². The Kier molecular flexibility index (Phi) is 5.24. The van der Waals surface area contributed by atoms with Crippen molar-refractivity contribution in [2.45, 2.75) is 33.2 Å². The molecule has 1 aromatic heterocycles. The van der Waals surface area contributed by atoms with Gasteiger partial charge in [-0.25, -0.2) is 0 Å². The topological polar surface area (TPSA) is 60.7 Å². The summed E-state index contributed by atoms with van der Waals surface area (Å²) in [5, 5.41) is 12.9. The number of ketones is 1. The molecule has 0 N–H and O–H groups in total. The van der Waals surface area contributed by atoms with E-state index >= 15 is 0 Å². The van der Waals surface area contributed by atoms with E-state index < -0.39 is 0 Å². The number of aryl methyl sites for hydroxylation is 2. The molecule has 0 spiro atoms. The summed E-state index contributed by atoms with van der Waals surface area (Å²) in [7, 11) is 0. The summed E-state index contributed by atoms with van der Waals surface area (Å²) in [5.74, 6) is 0.395. The minimum absolute atomic E-state index is 0.0183. The molecular formula is C19H19ClN4O. The van der Waals surface area contributed by atoms with Gasteiger partial charge in [0, 0.05) is 11.1 Å². The summed E-state index contributed by atoms with van der Waals surface area (Å²) < 4.78 is 0. The first kappa shape index (κ1) is 17.3. The van der Waals surface area contributed by atoms with Crippen LogP contribution in [0.1, 0.15) is 35.3 Å². The van der Waals surface area contributed by atoms with Crippen molar-refractivity contribution in [2.75, 3.05) is 0 Å². The molecule has 0 amide bonds. The fourth-order valence-electron chi connectivity index (χ4n) is 2.69. The lowest BCUT2D eigenvalue weighted by molar-refractivity contribution is 0.0960. The smallest absolute Gasteiger partial charge is 0.206 e. The quantitative estimate of drug-likeness (QED) is 0.628. The van der Waals surface area contributed by atoms with Crippen LogP contribution in [0.2, 0.25) is 5.02 Å². The van der Waals surface area contributed by atoms with Crippen molar-refractivity contribution < 1.29 is 4.79 Å². The van der Waals surface area contributed by atoms with Crippen molar-refractivity contribution in [1.29, 1.82) is 0 Å². The molecule has 0 aliphatic rings. The summed E-state index contributed by atoms with van der Waals surface area (Å²) in [4.78, 5) is 14.0. The average Bonchev–Trinajstić information content (AvgIpc) is 3.09. The number of hydrogen-bond acceptors (Lipinski definition) is 4. The van der Waals surface area contributed by atoms with Gasteiger partial charge in [-0.2, -0.15) is 4.80 Å². The van der Waals surface area contributed by atoms with Crippen LogP contribution in [-0.4, -0.2) is 26.0 Å². The largest absolute Gasteiger partial charge is 0.292 e. The molecule has 5 nitrogen and oxygen atoms in total. The zero-order valence-corrected chi connectivity index (χ0v) is 15.0. The lowest BCUT2D eigenvalue weighted by Crippen LogP contribution is -2.15. The molecular weight excluding hydrogens is 336 g/mol. The predicted octanol–water partition coefficient (Wildman–Crippen LogP) is 4.00. The van der Waals surface area contributed by atoms with Gasteiger partial charge >= 0.3 is 0 Å². The molecule has 0 aliphatic heterocycles. The monoisotopic (exact) mass is 354 g/mol. The van der Waals surface area contributed by atoms with Gasteiger partial charge in [0.2, 0.25) is 5.82 Å². The summed E-state index contributed by atoms with van der Waals surface area (Å²) in [6, 6.07) is 13.4. The van der Waals surface area contributed by atoms with E-state index in [1.165, 1.54) is 4.80 Å². The summed E-state index contributed by atoms with van der Waals surface area (Å²) >= 11 is 6.16. The molecule has 0 saturated heterocycles. The van der Waals surface area contributed by atoms with Gasteiger partial charge in [0.1, 0.15) is 6.54 Å². The van der Waals surface area contributed by atoms with E-state index in [0.717, 1.165) is 29.5 Å². The van der Waals surface area contributed by atoms with Crippen LogP contribution in [0.4, 0.5) is 0 Å². The highest BCUT2D eigenvalue weighted by atomic mass is 35.5. The number of Topliss-reactive ketones (excluding diaryl/α,β-unsaturated/α-hetero) is 1. The number of benzene rings is 2. The number of carbonyl (C=O) groups excluding carboxylic acids is 1. The van der Waals surface area contributed by atoms with Gasteiger partial charge in [0.05, 0.1) is 5.02 Å². The van der Waals surface area contributed by atoms with Crippen molar-refractivity contribution in [3.63, 3.8) is 0 Å². The molecule has 25 heavy (non-hydrogen) atoms. The molecule has 0 radical (unpaired) electrons. The molecule has 0 fully saturated rings. The average molecular weight is 355 g/mol. The van der Waals surface area contributed by atoms with Crippen molar-refractivity contribution in [3.8, 4) is 11.4 Å².